The van der Waals surface area contributed by atoms with Crippen molar-refractivity contribution in [1.29, 1.82) is 0 Å². The van der Waals surface area contributed by atoms with Crippen LogP contribution in [0.2, 0.25) is 0 Å². The Kier molecular flexibility index (Phi) is 5.50. The van der Waals surface area contributed by atoms with Crippen molar-refractivity contribution in [2.24, 2.45) is 0 Å². The lowest BCUT2D eigenvalue weighted by molar-refractivity contribution is 0.0824. The van der Waals surface area contributed by atoms with Gasteiger partial charge in [-0.1, -0.05) is 30.3 Å². The Morgan fingerprint density at radius 1 is 1.07 bits per heavy atom. The summed E-state index contributed by atoms with van der Waals surface area (Å²) in [5, 5.41) is 0. The number of aromatic nitrogens is 1. The first kappa shape index (κ1) is 18.8. The second-order valence-corrected chi connectivity index (χ2v) is 7.35. The van der Waals surface area contributed by atoms with Crippen molar-refractivity contribution >= 4 is 0 Å². The summed E-state index contributed by atoms with van der Waals surface area (Å²) in [4.78, 5) is 9.26. The fourth-order valence-electron chi connectivity index (χ4n) is 3.69. The standard InChI is InChI=1S/C22H23F2N3O/c1-26-9-10-27(19(14-26)11-16-5-3-2-4-6-16)13-18-15-28-22(25-18)17-7-8-20(23)21(24)12-17/h2-8,12,15,19H,9-11,13-14H2,1H3. The fourth-order valence-corrected chi connectivity index (χ4v) is 3.69. The third-order valence-corrected chi connectivity index (χ3v) is 5.21. The van der Waals surface area contributed by atoms with Crippen molar-refractivity contribution in [2.75, 3.05) is 26.7 Å². The number of oxazole rings is 1. The molecule has 1 aliphatic heterocycles. The lowest BCUT2D eigenvalue weighted by atomic mass is 10.0. The van der Waals surface area contributed by atoms with Gasteiger partial charge in [-0.2, -0.15) is 0 Å². The van der Waals surface area contributed by atoms with E-state index in [4.69, 9.17) is 4.42 Å². The average Bonchev–Trinajstić information content (AvgIpc) is 3.15. The smallest absolute Gasteiger partial charge is 0.226 e. The highest BCUT2D eigenvalue weighted by molar-refractivity contribution is 5.53. The zero-order chi connectivity index (χ0) is 19.5. The van der Waals surface area contributed by atoms with Gasteiger partial charge in [0, 0.05) is 37.8 Å². The topological polar surface area (TPSA) is 32.5 Å². The largest absolute Gasteiger partial charge is 0.444 e. The highest BCUT2D eigenvalue weighted by atomic mass is 19.2. The molecular weight excluding hydrogens is 360 g/mol. The van der Waals surface area contributed by atoms with E-state index in [1.807, 2.05) is 6.07 Å². The van der Waals surface area contributed by atoms with Crippen molar-refractivity contribution in [3.05, 3.63) is 77.7 Å². The molecular formula is C22H23F2N3O. The Morgan fingerprint density at radius 2 is 1.89 bits per heavy atom. The molecule has 28 heavy (non-hydrogen) atoms. The SMILES string of the molecule is CN1CCN(Cc2coc(-c3ccc(F)c(F)c3)n2)C(Cc2ccccc2)C1. The zero-order valence-corrected chi connectivity index (χ0v) is 15.8. The maximum atomic E-state index is 13.5. The molecule has 6 heteroatoms. The minimum absolute atomic E-state index is 0.308. The van der Waals surface area contributed by atoms with Crippen LogP contribution in [-0.4, -0.2) is 47.5 Å². The Morgan fingerprint density at radius 3 is 2.68 bits per heavy atom. The zero-order valence-electron chi connectivity index (χ0n) is 15.8. The van der Waals surface area contributed by atoms with Gasteiger partial charge >= 0.3 is 0 Å². The van der Waals surface area contributed by atoms with Crippen LogP contribution in [0, 0.1) is 11.6 Å². The number of piperazine rings is 1. The van der Waals surface area contributed by atoms with E-state index in [0.717, 1.165) is 43.9 Å². The van der Waals surface area contributed by atoms with Gasteiger partial charge in [0.05, 0.1) is 5.69 Å². The Hall–Kier alpha value is -2.57. The van der Waals surface area contributed by atoms with Crippen LogP contribution in [0.1, 0.15) is 11.3 Å². The molecule has 1 atom stereocenters. The van der Waals surface area contributed by atoms with Crippen molar-refractivity contribution < 1.29 is 13.2 Å². The van der Waals surface area contributed by atoms with Gasteiger partial charge in [0.1, 0.15) is 6.26 Å². The van der Waals surface area contributed by atoms with Crippen molar-refractivity contribution in [3.8, 4) is 11.5 Å². The van der Waals surface area contributed by atoms with Gasteiger partial charge in [0.25, 0.3) is 0 Å². The first-order valence-corrected chi connectivity index (χ1v) is 9.45. The molecule has 0 bridgehead atoms. The molecule has 0 radical (unpaired) electrons. The molecule has 146 valence electrons. The molecule has 0 amide bonds. The van der Waals surface area contributed by atoms with Gasteiger partial charge in [0.15, 0.2) is 11.6 Å². The second kappa shape index (κ2) is 8.20. The number of hydrogen-bond donors (Lipinski definition) is 0. The summed E-state index contributed by atoms with van der Waals surface area (Å²) in [5.74, 6) is -1.47. The highest BCUT2D eigenvalue weighted by Crippen LogP contribution is 2.23. The lowest BCUT2D eigenvalue weighted by Crippen LogP contribution is -2.52. The minimum atomic E-state index is -0.903. The predicted molar refractivity (Wildman–Crippen MR) is 104 cm³/mol. The monoisotopic (exact) mass is 383 g/mol. The van der Waals surface area contributed by atoms with Crippen molar-refractivity contribution in [1.82, 2.24) is 14.8 Å². The molecule has 1 saturated heterocycles. The summed E-state index contributed by atoms with van der Waals surface area (Å²) in [6.45, 7) is 3.60. The third-order valence-electron chi connectivity index (χ3n) is 5.21. The maximum Gasteiger partial charge on any atom is 0.226 e. The molecule has 0 spiro atoms. The third kappa shape index (κ3) is 4.29. The second-order valence-electron chi connectivity index (χ2n) is 7.35. The molecule has 4 nitrogen and oxygen atoms in total. The van der Waals surface area contributed by atoms with Crippen molar-refractivity contribution in [2.45, 2.75) is 19.0 Å². The van der Waals surface area contributed by atoms with Crippen molar-refractivity contribution in [3.63, 3.8) is 0 Å². The van der Waals surface area contributed by atoms with Gasteiger partial charge in [-0.3, -0.25) is 4.90 Å². The molecule has 4 rings (SSSR count). The number of nitrogens with zero attached hydrogens (tertiary/aromatic N) is 3. The molecule has 2 aromatic carbocycles. The summed E-state index contributed by atoms with van der Waals surface area (Å²) in [6.07, 6.45) is 2.58. The van der Waals surface area contributed by atoms with Crippen LogP contribution in [0.4, 0.5) is 8.78 Å². The number of halogens is 2. The summed E-state index contributed by atoms with van der Waals surface area (Å²) in [6, 6.07) is 14.5. The van der Waals surface area contributed by atoms with E-state index >= 15 is 0 Å². The Labute approximate surface area is 163 Å². The summed E-state index contributed by atoms with van der Waals surface area (Å²) < 4.78 is 32.2. The molecule has 1 aromatic heterocycles. The lowest BCUT2D eigenvalue weighted by Gasteiger charge is -2.39. The summed E-state index contributed by atoms with van der Waals surface area (Å²) >= 11 is 0. The molecule has 1 fully saturated rings. The van der Waals surface area contributed by atoms with E-state index in [1.54, 1.807) is 6.26 Å². The number of rotatable bonds is 5. The van der Waals surface area contributed by atoms with E-state index in [9.17, 15) is 8.78 Å². The van der Waals surface area contributed by atoms with Gasteiger partial charge in [-0.25, -0.2) is 13.8 Å². The van der Waals surface area contributed by atoms with Crippen LogP contribution < -0.4 is 0 Å². The summed E-state index contributed by atoms with van der Waals surface area (Å²) in [7, 11) is 2.15. The van der Waals surface area contributed by atoms with E-state index < -0.39 is 11.6 Å². The first-order valence-electron chi connectivity index (χ1n) is 9.45. The molecule has 0 saturated carbocycles. The molecule has 3 aromatic rings. The maximum absolute atomic E-state index is 13.5. The minimum Gasteiger partial charge on any atom is -0.444 e. The van der Waals surface area contributed by atoms with Gasteiger partial charge in [0.2, 0.25) is 5.89 Å². The first-order chi connectivity index (χ1) is 13.6. The quantitative estimate of drug-likeness (QED) is 0.667. The normalized spacial score (nSPS) is 18.5. The number of hydrogen-bond acceptors (Lipinski definition) is 4. The van der Waals surface area contributed by atoms with E-state index in [2.05, 4.69) is 46.1 Å². The van der Waals surface area contributed by atoms with Gasteiger partial charge in [-0.15, -0.1) is 0 Å². The van der Waals surface area contributed by atoms with E-state index in [-0.39, 0.29) is 0 Å². The van der Waals surface area contributed by atoms with Gasteiger partial charge in [-0.05, 0) is 37.2 Å². The predicted octanol–water partition coefficient (Wildman–Crippen LogP) is 3.98. The van der Waals surface area contributed by atoms with Crippen LogP contribution in [0.15, 0.2) is 59.2 Å². The van der Waals surface area contributed by atoms with E-state index in [0.29, 0.717) is 24.0 Å². The molecule has 2 heterocycles. The van der Waals surface area contributed by atoms with E-state index in [1.165, 1.54) is 11.6 Å². The fraction of sp³-hybridized carbons (Fsp3) is 0.318. The van der Waals surface area contributed by atoms with Crippen LogP contribution in [0.5, 0.6) is 0 Å². The highest BCUT2D eigenvalue weighted by Gasteiger charge is 2.26. The number of benzene rings is 2. The van der Waals surface area contributed by atoms with Crippen LogP contribution >= 0.6 is 0 Å². The average molecular weight is 383 g/mol. The Bertz CT molecular complexity index is 929. The van der Waals surface area contributed by atoms with Crippen LogP contribution in [0.3, 0.4) is 0 Å². The molecule has 0 aliphatic carbocycles. The Balaban J connectivity index is 1.48. The van der Waals surface area contributed by atoms with Crippen LogP contribution in [0.25, 0.3) is 11.5 Å². The molecule has 1 unspecified atom stereocenters. The van der Waals surface area contributed by atoms with Gasteiger partial charge < -0.3 is 9.32 Å². The summed E-state index contributed by atoms with van der Waals surface area (Å²) in [5.41, 5.74) is 2.54. The number of likely N-dealkylation sites (N-methyl/N-ethyl adjacent to an activating group) is 1. The molecule has 1 aliphatic rings. The van der Waals surface area contributed by atoms with Crippen LogP contribution in [-0.2, 0) is 13.0 Å². The molecule has 0 N–H and O–H groups in total.